The zero-order valence-electron chi connectivity index (χ0n) is 12.2. The Kier molecular flexibility index (Phi) is 7.43. The van der Waals surface area contributed by atoms with Crippen LogP contribution in [-0.4, -0.2) is 75.0 Å². The Hall–Kier alpha value is -1.14. The molecule has 0 aromatic heterocycles. The van der Waals surface area contributed by atoms with Crippen molar-refractivity contribution in [3.8, 4) is 0 Å². The molecule has 1 rings (SSSR count). The first-order valence-electron chi connectivity index (χ1n) is 6.78. The minimum Gasteiger partial charge on any atom is -0.395 e. The summed E-state index contributed by atoms with van der Waals surface area (Å²) < 4.78 is 4.85. The standard InChI is InChI=1S/C13H25N3O3/c1-12(2)10-14-19-9-8-15-4-6-16(7-5-15)13(17)11-18-3/h10,12H,4-9,11H2,1-3H3/b14-10+. The van der Waals surface area contributed by atoms with Crippen molar-refractivity contribution < 1.29 is 14.4 Å². The SMILES string of the molecule is COCC(=O)N1CCN(CCO/N=C/C(C)C)CC1. The second-order valence-corrected chi connectivity index (χ2v) is 4.99. The van der Waals surface area contributed by atoms with Crippen LogP contribution in [0.25, 0.3) is 0 Å². The molecule has 0 aliphatic carbocycles. The molecule has 1 amide bonds. The fourth-order valence-electron chi connectivity index (χ4n) is 1.82. The third kappa shape index (κ3) is 6.54. The summed E-state index contributed by atoms with van der Waals surface area (Å²) in [6, 6.07) is 0. The number of hydrogen-bond acceptors (Lipinski definition) is 5. The highest BCUT2D eigenvalue weighted by molar-refractivity contribution is 5.77. The summed E-state index contributed by atoms with van der Waals surface area (Å²) in [4.78, 5) is 20.9. The molecule has 1 aliphatic rings. The van der Waals surface area contributed by atoms with Crippen LogP contribution in [0.5, 0.6) is 0 Å². The van der Waals surface area contributed by atoms with E-state index in [-0.39, 0.29) is 12.5 Å². The molecule has 6 heteroatoms. The second kappa shape index (κ2) is 8.87. The highest BCUT2D eigenvalue weighted by Crippen LogP contribution is 2.02. The van der Waals surface area contributed by atoms with Crippen LogP contribution in [0.15, 0.2) is 5.16 Å². The van der Waals surface area contributed by atoms with Crippen molar-refractivity contribution in [2.75, 3.05) is 53.0 Å². The molecule has 6 nitrogen and oxygen atoms in total. The number of ether oxygens (including phenoxy) is 1. The second-order valence-electron chi connectivity index (χ2n) is 4.99. The first-order valence-corrected chi connectivity index (χ1v) is 6.78. The minimum atomic E-state index is 0.0694. The molecule has 0 spiro atoms. The lowest BCUT2D eigenvalue weighted by Gasteiger charge is -2.34. The van der Waals surface area contributed by atoms with E-state index in [0.29, 0.717) is 12.5 Å². The summed E-state index contributed by atoms with van der Waals surface area (Å²) in [5.74, 6) is 0.482. The number of nitrogens with zero attached hydrogens (tertiary/aromatic N) is 3. The van der Waals surface area contributed by atoms with Crippen LogP contribution in [0.1, 0.15) is 13.8 Å². The highest BCUT2D eigenvalue weighted by atomic mass is 16.6. The van der Waals surface area contributed by atoms with Crippen molar-refractivity contribution in [3.63, 3.8) is 0 Å². The Labute approximate surface area is 115 Å². The molecule has 0 atom stereocenters. The van der Waals surface area contributed by atoms with E-state index in [1.807, 2.05) is 4.90 Å². The first-order chi connectivity index (χ1) is 9.13. The molecule has 1 saturated heterocycles. The van der Waals surface area contributed by atoms with E-state index in [2.05, 4.69) is 23.9 Å². The van der Waals surface area contributed by atoms with Crippen LogP contribution in [0.4, 0.5) is 0 Å². The average Bonchev–Trinajstić information content (AvgIpc) is 2.39. The summed E-state index contributed by atoms with van der Waals surface area (Å²) in [6.07, 6.45) is 1.79. The summed E-state index contributed by atoms with van der Waals surface area (Å²) in [6.45, 7) is 9.02. The molecule has 0 radical (unpaired) electrons. The Bertz CT molecular complexity index is 287. The van der Waals surface area contributed by atoms with Gasteiger partial charge in [-0.25, -0.2) is 0 Å². The number of carbonyl (C=O) groups is 1. The van der Waals surface area contributed by atoms with Gasteiger partial charge < -0.3 is 14.5 Å². The molecule has 0 aromatic rings. The predicted octanol–water partition coefficient (Wildman–Crippen LogP) is 0.435. The van der Waals surface area contributed by atoms with Gasteiger partial charge in [0, 0.05) is 46.0 Å². The maximum Gasteiger partial charge on any atom is 0.248 e. The van der Waals surface area contributed by atoms with Gasteiger partial charge in [-0.05, 0) is 5.92 Å². The number of methoxy groups -OCH3 is 1. The number of amides is 1. The van der Waals surface area contributed by atoms with Crippen molar-refractivity contribution >= 4 is 12.1 Å². The number of oxime groups is 1. The highest BCUT2D eigenvalue weighted by Gasteiger charge is 2.20. The zero-order chi connectivity index (χ0) is 14.1. The molecule has 0 saturated carbocycles. The minimum absolute atomic E-state index is 0.0694. The molecule has 1 fully saturated rings. The zero-order valence-corrected chi connectivity index (χ0v) is 12.2. The van der Waals surface area contributed by atoms with E-state index in [9.17, 15) is 4.79 Å². The molecule has 0 unspecified atom stereocenters. The molecule has 19 heavy (non-hydrogen) atoms. The Balaban J connectivity index is 2.11. The number of rotatable bonds is 7. The fraction of sp³-hybridized carbons (Fsp3) is 0.846. The fourth-order valence-corrected chi connectivity index (χ4v) is 1.82. The van der Waals surface area contributed by atoms with Gasteiger partial charge in [-0.3, -0.25) is 9.69 Å². The van der Waals surface area contributed by atoms with E-state index in [1.165, 1.54) is 0 Å². The number of hydrogen-bond donors (Lipinski definition) is 0. The molecule has 1 heterocycles. The van der Waals surface area contributed by atoms with Gasteiger partial charge in [0.25, 0.3) is 0 Å². The summed E-state index contributed by atoms with van der Waals surface area (Å²) in [5.41, 5.74) is 0. The van der Waals surface area contributed by atoms with Gasteiger partial charge in [-0.1, -0.05) is 19.0 Å². The maximum atomic E-state index is 11.6. The van der Waals surface area contributed by atoms with Crippen molar-refractivity contribution in [2.24, 2.45) is 11.1 Å². The Morgan fingerprint density at radius 3 is 2.58 bits per heavy atom. The lowest BCUT2D eigenvalue weighted by molar-refractivity contribution is -0.136. The topological polar surface area (TPSA) is 54.4 Å². The van der Waals surface area contributed by atoms with Crippen molar-refractivity contribution in [2.45, 2.75) is 13.8 Å². The Morgan fingerprint density at radius 2 is 2.00 bits per heavy atom. The van der Waals surface area contributed by atoms with Gasteiger partial charge in [-0.2, -0.15) is 0 Å². The van der Waals surface area contributed by atoms with Gasteiger partial charge in [-0.15, -0.1) is 0 Å². The predicted molar refractivity (Wildman–Crippen MR) is 74.2 cm³/mol. The molecule has 0 N–H and O–H groups in total. The lowest BCUT2D eigenvalue weighted by atomic mass is 10.3. The molecule has 0 aromatic carbocycles. The first kappa shape index (κ1) is 15.9. The molecule has 1 aliphatic heterocycles. The van der Waals surface area contributed by atoms with Gasteiger partial charge >= 0.3 is 0 Å². The van der Waals surface area contributed by atoms with Crippen LogP contribution >= 0.6 is 0 Å². The Morgan fingerprint density at radius 1 is 1.32 bits per heavy atom. The van der Waals surface area contributed by atoms with Crippen molar-refractivity contribution in [3.05, 3.63) is 0 Å². The van der Waals surface area contributed by atoms with Gasteiger partial charge in [0.05, 0.1) is 0 Å². The van der Waals surface area contributed by atoms with Crippen LogP contribution in [0, 0.1) is 5.92 Å². The third-order valence-electron chi connectivity index (χ3n) is 2.93. The van der Waals surface area contributed by atoms with Crippen molar-refractivity contribution in [1.82, 2.24) is 9.80 Å². The quantitative estimate of drug-likeness (QED) is 0.383. The summed E-state index contributed by atoms with van der Waals surface area (Å²) >= 11 is 0. The number of carbonyl (C=O) groups excluding carboxylic acids is 1. The molecular weight excluding hydrogens is 246 g/mol. The molecule has 0 bridgehead atoms. The third-order valence-corrected chi connectivity index (χ3v) is 2.93. The van der Waals surface area contributed by atoms with Crippen LogP contribution in [-0.2, 0) is 14.4 Å². The maximum absolute atomic E-state index is 11.6. The molecule has 110 valence electrons. The van der Waals surface area contributed by atoms with E-state index >= 15 is 0 Å². The lowest BCUT2D eigenvalue weighted by Crippen LogP contribution is -2.50. The summed E-state index contributed by atoms with van der Waals surface area (Å²) in [7, 11) is 1.54. The number of piperazine rings is 1. The monoisotopic (exact) mass is 271 g/mol. The smallest absolute Gasteiger partial charge is 0.248 e. The van der Waals surface area contributed by atoms with Crippen LogP contribution < -0.4 is 0 Å². The average molecular weight is 271 g/mol. The van der Waals surface area contributed by atoms with E-state index in [4.69, 9.17) is 9.57 Å². The normalized spacial score (nSPS) is 17.4. The summed E-state index contributed by atoms with van der Waals surface area (Å²) in [5, 5.41) is 3.89. The van der Waals surface area contributed by atoms with Gasteiger partial charge in [0.1, 0.15) is 13.2 Å². The molecular formula is C13H25N3O3. The van der Waals surface area contributed by atoms with Crippen molar-refractivity contribution in [1.29, 1.82) is 0 Å². The van der Waals surface area contributed by atoms with Crippen LogP contribution in [0.2, 0.25) is 0 Å². The van der Waals surface area contributed by atoms with E-state index in [0.717, 1.165) is 32.7 Å². The van der Waals surface area contributed by atoms with E-state index in [1.54, 1.807) is 13.3 Å². The van der Waals surface area contributed by atoms with E-state index < -0.39 is 0 Å². The van der Waals surface area contributed by atoms with Gasteiger partial charge in [0.2, 0.25) is 5.91 Å². The largest absolute Gasteiger partial charge is 0.395 e. The van der Waals surface area contributed by atoms with Gasteiger partial charge in [0.15, 0.2) is 0 Å². The van der Waals surface area contributed by atoms with Crippen LogP contribution in [0.3, 0.4) is 0 Å².